The molecular weight excluding hydrogens is 266 g/mol. The van der Waals surface area contributed by atoms with E-state index in [1.165, 1.54) is 6.07 Å². The van der Waals surface area contributed by atoms with Gasteiger partial charge >= 0.3 is 5.63 Å². The molecular formula is C17H15NO3. The number of benzene rings is 2. The molecule has 2 aromatic carbocycles. The molecule has 1 N–H and O–H groups in total. The van der Waals surface area contributed by atoms with Gasteiger partial charge in [-0.1, -0.05) is 12.1 Å². The van der Waals surface area contributed by atoms with Gasteiger partial charge in [-0.25, -0.2) is 4.79 Å². The van der Waals surface area contributed by atoms with E-state index in [2.05, 4.69) is 0 Å². The monoisotopic (exact) mass is 281 g/mol. The second-order valence-corrected chi connectivity index (χ2v) is 5.11. The highest BCUT2D eigenvalue weighted by atomic mass is 16.4. The van der Waals surface area contributed by atoms with Crippen LogP contribution in [0.25, 0.3) is 22.1 Å². The molecule has 0 bridgehead atoms. The van der Waals surface area contributed by atoms with Gasteiger partial charge in [0.2, 0.25) is 0 Å². The maximum atomic E-state index is 12.1. The molecule has 1 heterocycles. The van der Waals surface area contributed by atoms with E-state index in [0.29, 0.717) is 11.1 Å². The quantitative estimate of drug-likeness (QED) is 0.733. The van der Waals surface area contributed by atoms with E-state index in [9.17, 15) is 9.90 Å². The molecule has 0 fully saturated rings. The van der Waals surface area contributed by atoms with Crippen LogP contribution in [-0.2, 0) is 0 Å². The van der Waals surface area contributed by atoms with E-state index in [1.54, 1.807) is 18.2 Å². The van der Waals surface area contributed by atoms with Gasteiger partial charge in [-0.05, 0) is 35.9 Å². The second-order valence-electron chi connectivity index (χ2n) is 5.11. The van der Waals surface area contributed by atoms with Crippen molar-refractivity contribution in [3.05, 3.63) is 59.0 Å². The van der Waals surface area contributed by atoms with Crippen LogP contribution in [0.5, 0.6) is 5.75 Å². The first kappa shape index (κ1) is 13.2. The maximum absolute atomic E-state index is 12.1. The summed E-state index contributed by atoms with van der Waals surface area (Å²) in [6.07, 6.45) is 0. The maximum Gasteiger partial charge on any atom is 0.344 e. The summed E-state index contributed by atoms with van der Waals surface area (Å²) < 4.78 is 5.28. The summed E-state index contributed by atoms with van der Waals surface area (Å²) in [7, 11) is 3.93. The third-order valence-electron chi connectivity index (χ3n) is 3.41. The Labute approximate surface area is 121 Å². The lowest BCUT2D eigenvalue weighted by Crippen LogP contribution is -2.08. The highest BCUT2D eigenvalue weighted by Crippen LogP contribution is 2.25. The molecule has 0 aliphatic carbocycles. The summed E-state index contributed by atoms with van der Waals surface area (Å²) >= 11 is 0. The van der Waals surface area contributed by atoms with Crippen LogP contribution in [0.15, 0.2) is 57.7 Å². The van der Waals surface area contributed by atoms with Gasteiger partial charge in [-0.3, -0.25) is 0 Å². The third kappa shape index (κ3) is 2.48. The molecule has 3 aromatic rings. The molecule has 4 nitrogen and oxygen atoms in total. The average Bonchev–Trinajstić information content (AvgIpc) is 2.46. The molecule has 0 aliphatic heterocycles. The van der Waals surface area contributed by atoms with Crippen LogP contribution in [-0.4, -0.2) is 19.2 Å². The van der Waals surface area contributed by atoms with Crippen LogP contribution >= 0.6 is 0 Å². The molecule has 0 aliphatic rings. The largest absolute Gasteiger partial charge is 0.508 e. The van der Waals surface area contributed by atoms with Crippen molar-refractivity contribution in [3.8, 4) is 16.9 Å². The molecule has 0 amide bonds. The van der Waals surface area contributed by atoms with Crippen molar-refractivity contribution < 1.29 is 9.52 Å². The molecule has 106 valence electrons. The zero-order chi connectivity index (χ0) is 15.0. The highest BCUT2D eigenvalue weighted by Gasteiger charge is 2.08. The number of hydrogen-bond donors (Lipinski definition) is 1. The van der Waals surface area contributed by atoms with E-state index in [4.69, 9.17) is 4.42 Å². The number of anilines is 1. The smallest absolute Gasteiger partial charge is 0.344 e. The van der Waals surface area contributed by atoms with Crippen molar-refractivity contribution in [2.24, 2.45) is 0 Å². The molecule has 0 spiro atoms. The van der Waals surface area contributed by atoms with Gasteiger partial charge < -0.3 is 14.4 Å². The van der Waals surface area contributed by atoms with Crippen LogP contribution in [0.2, 0.25) is 0 Å². The van der Waals surface area contributed by atoms with Crippen LogP contribution in [0.1, 0.15) is 0 Å². The van der Waals surface area contributed by atoms with Gasteiger partial charge in [0.15, 0.2) is 0 Å². The first-order valence-corrected chi connectivity index (χ1v) is 6.59. The highest BCUT2D eigenvalue weighted by molar-refractivity contribution is 5.82. The average molecular weight is 281 g/mol. The van der Waals surface area contributed by atoms with Crippen LogP contribution in [0, 0.1) is 0 Å². The molecule has 0 unspecified atom stereocenters. The molecule has 4 heteroatoms. The van der Waals surface area contributed by atoms with Crippen LogP contribution < -0.4 is 10.5 Å². The normalized spacial score (nSPS) is 10.8. The van der Waals surface area contributed by atoms with E-state index in [-0.39, 0.29) is 5.75 Å². The first-order valence-electron chi connectivity index (χ1n) is 6.59. The Balaban J connectivity index is 2.13. The van der Waals surface area contributed by atoms with E-state index >= 15 is 0 Å². The number of nitrogens with zero attached hydrogens (tertiary/aromatic N) is 1. The summed E-state index contributed by atoms with van der Waals surface area (Å²) in [5, 5.41) is 10.2. The number of rotatable bonds is 2. The lowest BCUT2D eigenvalue weighted by Gasteiger charge is -2.12. The standard InChI is InChI=1S/C17H15NO3/c1-18(2)13-6-3-11(4-7-13)15-9-12-5-8-14(19)10-16(12)21-17(15)20/h3-10,19H,1-2H3. The number of phenolic OH excluding ortho intramolecular Hbond substituents is 1. The second kappa shape index (κ2) is 4.98. The zero-order valence-corrected chi connectivity index (χ0v) is 11.8. The Hall–Kier alpha value is -2.75. The first-order chi connectivity index (χ1) is 10.0. The lowest BCUT2D eigenvalue weighted by molar-refractivity contribution is 0.473. The third-order valence-corrected chi connectivity index (χ3v) is 3.41. The summed E-state index contributed by atoms with van der Waals surface area (Å²) in [5.74, 6) is 0.0775. The fourth-order valence-corrected chi connectivity index (χ4v) is 2.24. The predicted molar refractivity (Wildman–Crippen MR) is 83.9 cm³/mol. The van der Waals surface area contributed by atoms with Gasteiger partial charge in [-0.2, -0.15) is 0 Å². The zero-order valence-electron chi connectivity index (χ0n) is 11.8. The van der Waals surface area contributed by atoms with Crippen molar-refractivity contribution >= 4 is 16.7 Å². The Bertz CT molecular complexity index is 848. The minimum absolute atomic E-state index is 0.0775. The molecule has 0 saturated heterocycles. The molecule has 21 heavy (non-hydrogen) atoms. The van der Waals surface area contributed by atoms with Crippen molar-refractivity contribution in [2.45, 2.75) is 0 Å². The topological polar surface area (TPSA) is 53.7 Å². The van der Waals surface area contributed by atoms with E-state index < -0.39 is 5.63 Å². The van der Waals surface area contributed by atoms with Crippen LogP contribution in [0.4, 0.5) is 5.69 Å². The summed E-state index contributed by atoms with van der Waals surface area (Å²) in [6.45, 7) is 0. The molecule has 1 aromatic heterocycles. The Morgan fingerprint density at radius 2 is 1.71 bits per heavy atom. The fourth-order valence-electron chi connectivity index (χ4n) is 2.24. The van der Waals surface area contributed by atoms with Gasteiger partial charge in [0.25, 0.3) is 0 Å². The molecule has 0 saturated carbocycles. The summed E-state index contributed by atoms with van der Waals surface area (Å²) in [6, 6.07) is 14.2. The molecule has 3 rings (SSSR count). The van der Waals surface area contributed by atoms with Crippen molar-refractivity contribution in [3.63, 3.8) is 0 Å². The van der Waals surface area contributed by atoms with E-state index in [1.807, 2.05) is 43.3 Å². The predicted octanol–water partition coefficient (Wildman–Crippen LogP) is 3.23. The van der Waals surface area contributed by atoms with Crippen molar-refractivity contribution in [1.29, 1.82) is 0 Å². The molecule has 0 atom stereocenters. The lowest BCUT2D eigenvalue weighted by atomic mass is 10.1. The Morgan fingerprint density at radius 3 is 2.38 bits per heavy atom. The van der Waals surface area contributed by atoms with Gasteiger partial charge in [0.05, 0.1) is 5.56 Å². The number of aromatic hydroxyl groups is 1. The SMILES string of the molecule is CN(C)c1ccc(-c2cc3ccc(O)cc3oc2=O)cc1. The van der Waals surface area contributed by atoms with Crippen LogP contribution in [0.3, 0.4) is 0 Å². The van der Waals surface area contributed by atoms with E-state index in [0.717, 1.165) is 16.6 Å². The minimum Gasteiger partial charge on any atom is -0.508 e. The summed E-state index contributed by atoms with van der Waals surface area (Å²) in [4.78, 5) is 14.1. The number of phenols is 1. The fraction of sp³-hybridized carbons (Fsp3) is 0.118. The Morgan fingerprint density at radius 1 is 1.00 bits per heavy atom. The number of fused-ring (bicyclic) bond motifs is 1. The Kier molecular flexibility index (Phi) is 3.14. The summed E-state index contributed by atoms with van der Waals surface area (Å²) in [5.41, 5.74) is 2.36. The van der Waals surface area contributed by atoms with Gasteiger partial charge in [0.1, 0.15) is 11.3 Å². The number of hydrogen-bond acceptors (Lipinski definition) is 4. The molecule has 0 radical (unpaired) electrons. The van der Waals surface area contributed by atoms with Crippen molar-refractivity contribution in [1.82, 2.24) is 0 Å². The minimum atomic E-state index is -0.411. The van der Waals surface area contributed by atoms with Crippen molar-refractivity contribution in [2.75, 3.05) is 19.0 Å². The van der Waals surface area contributed by atoms with Gasteiger partial charge in [0, 0.05) is 31.2 Å². The van der Waals surface area contributed by atoms with Gasteiger partial charge in [-0.15, -0.1) is 0 Å².